The van der Waals surface area contributed by atoms with E-state index in [1.807, 2.05) is 0 Å². The van der Waals surface area contributed by atoms with Gasteiger partial charge in [-0.25, -0.2) is 0 Å². The lowest BCUT2D eigenvalue weighted by Gasteiger charge is -2.03. The maximum atomic E-state index is 5.50. The van der Waals surface area contributed by atoms with Gasteiger partial charge in [0.05, 0.1) is 6.54 Å². The van der Waals surface area contributed by atoms with Crippen molar-refractivity contribution in [3.8, 4) is 0 Å². The Labute approximate surface area is 91.5 Å². The smallest absolute Gasteiger partial charge is 0.230 e. The number of aryl methyl sites for hydroxylation is 1. The predicted molar refractivity (Wildman–Crippen MR) is 59.5 cm³/mol. The molecule has 0 bridgehead atoms. The zero-order valence-electron chi connectivity index (χ0n) is 9.92. The van der Waals surface area contributed by atoms with Crippen molar-refractivity contribution in [2.24, 2.45) is 0 Å². The average molecular weight is 211 g/mol. The Kier molecular flexibility index (Phi) is 5.32. The molecule has 1 aromatic rings. The largest absolute Gasteiger partial charge is 0.424 e. The van der Waals surface area contributed by atoms with E-state index < -0.39 is 0 Å². The van der Waals surface area contributed by atoms with Gasteiger partial charge in [-0.3, -0.25) is 0 Å². The maximum Gasteiger partial charge on any atom is 0.230 e. The Morgan fingerprint density at radius 1 is 1.20 bits per heavy atom. The number of unbranched alkanes of at least 4 members (excludes halogenated alkanes) is 2. The van der Waals surface area contributed by atoms with E-state index in [-0.39, 0.29) is 0 Å². The zero-order chi connectivity index (χ0) is 11.1. The van der Waals surface area contributed by atoms with Crippen molar-refractivity contribution in [1.82, 2.24) is 15.5 Å². The summed E-state index contributed by atoms with van der Waals surface area (Å²) in [7, 11) is 0. The van der Waals surface area contributed by atoms with E-state index in [0.29, 0.717) is 18.5 Å². The molecule has 1 aromatic heterocycles. The highest BCUT2D eigenvalue weighted by Crippen LogP contribution is 2.05. The van der Waals surface area contributed by atoms with Crippen molar-refractivity contribution in [2.75, 3.05) is 0 Å². The van der Waals surface area contributed by atoms with Crippen LogP contribution < -0.4 is 5.32 Å². The average Bonchev–Trinajstić information content (AvgIpc) is 2.63. The summed E-state index contributed by atoms with van der Waals surface area (Å²) in [5, 5.41) is 11.2. The van der Waals surface area contributed by atoms with Gasteiger partial charge in [0.25, 0.3) is 0 Å². The van der Waals surface area contributed by atoms with Gasteiger partial charge < -0.3 is 9.73 Å². The highest BCUT2D eigenvalue weighted by Gasteiger charge is 2.05. The summed E-state index contributed by atoms with van der Waals surface area (Å²) in [5.74, 6) is 1.46. The molecule has 0 aliphatic rings. The molecule has 0 saturated carbocycles. The topological polar surface area (TPSA) is 51.0 Å². The Bertz CT molecular complexity index is 271. The first-order valence-electron chi connectivity index (χ1n) is 5.77. The fraction of sp³-hybridized carbons (Fsp3) is 0.818. The lowest BCUT2D eigenvalue weighted by atomic mass is 10.2. The number of nitrogens with one attached hydrogen (secondary N) is 1. The van der Waals surface area contributed by atoms with Crippen LogP contribution in [0.15, 0.2) is 4.42 Å². The quantitative estimate of drug-likeness (QED) is 0.703. The highest BCUT2D eigenvalue weighted by molar-refractivity contribution is 4.82. The van der Waals surface area contributed by atoms with Crippen molar-refractivity contribution in [3.63, 3.8) is 0 Å². The van der Waals surface area contributed by atoms with Crippen molar-refractivity contribution < 1.29 is 4.42 Å². The number of aromatic nitrogens is 2. The lowest BCUT2D eigenvalue weighted by molar-refractivity contribution is 0.417. The summed E-state index contributed by atoms with van der Waals surface area (Å²) in [6.45, 7) is 7.04. The number of rotatable bonds is 7. The molecule has 0 saturated heterocycles. The monoisotopic (exact) mass is 211 g/mol. The number of hydrogen-bond donors (Lipinski definition) is 1. The van der Waals surface area contributed by atoms with Crippen LogP contribution in [0.3, 0.4) is 0 Å². The molecule has 4 nitrogen and oxygen atoms in total. The van der Waals surface area contributed by atoms with Gasteiger partial charge in [-0.05, 0) is 6.42 Å². The van der Waals surface area contributed by atoms with Gasteiger partial charge in [0.15, 0.2) is 0 Å². The summed E-state index contributed by atoms with van der Waals surface area (Å²) >= 11 is 0. The molecule has 15 heavy (non-hydrogen) atoms. The van der Waals surface area contributed by atoms with Crippen LogP contribution in [0.5, 0.6) is 0 Å². The van der Waals surface area contributed by atoms with Crippen molar-refractivity contribution in [2.45, 2.75) is 59.0 Å². The minimum absolute atomic E-state index is 0.445. The molecular weight excluding hydrogens is 190 g/mol. The second kappa shape index (κ2) is 6.56. The molecule has 0 aliphatic carbocycles. The third-order valence-corrected chi connectivity index (χ3v) is 2.16. The first-order chi connectivity index (χ1) is 7.22. The van der Waals surface area contributed by atoms with Gasteiger partial charge in [-0.15, -0.1) is 10.2 Å². The van der Waals surface area contributed by atoms with Crippen LogP contribution in [-0.4, -0.2) is 16.2 Å². The first kappa shape index (κ1) is 12.2. The van der Waals surface area contributed by atoms with E-state index in [2.05, 4.69) is 36.3 Å². The standard InChI is InChI=1S/C11H21N3O/c1-4-5-6-7-10-13-14-11(15-10)8-12-9(2)3/h9,12H,4-8H2,1-3H3. The Morgan fingerprint density at radius 3 is 2.60 bits per heavy atom. The lowest BCUT2D eigenvalue weighted by Crippen LogP contribution is -2.21. The van der Waals surface area contributed by atoms with E-state index in [9.17, 15) is 0 Å². The molecule has 86 valence electrons. The van der Waals surface area contributed by atoms with Gasteiger partial charge in [0.1, 0.15) is 0 Å². The second-order valence-corrected chi connectivity index (χ2v) is 4.08. The van der Waals surface area contributed by atoms with Crippen LogP contribution in [0.4, 0.5) is 0 Å². The van der Waals surface area contributed by atoms with Crippen LogP contribution in [0, 0.1) is 0 Å². The fourth-order valence-electron chi connectivity index (χ4n) is 1.28. The van der Waals surface area contributed by atoms with E-state index in [0.717, 1.165) is 18.7 Å². The third kappa shape index (κ3) is 4.93. The molecule has 1 heterocycles. The molecule has 1 N–H and O–H groups in total. The molecule has 0 fully saturated rings. The summed E-state index contributed by atoms with van der Waals surface area (Å²) in [6, 6.07) is 0.445. The number of hydrogen-bond acceptors (Lipinski definition) is 4. The van der Waals surface area contributed by atoms with Crippen LogP contribution in [0.1, 0.15) is 51.8 Å². The number of nitrogens with zero attached hydrogens (tertiary/aromatic N) is 2. The summed E-state index contributed by atoms with van der Waals surface area (Å²) in [6.07, 6.45) is 4.48. The zero-order valence-corrected chi connectivity index (χ0v) is 9.92. The Morgan fingerprint density at radius 2 is 1.93 bits per heavy atom. The molecule has 0 aliphatic heterocycles. The van der Waals surface area contributed by atoms with Crippen LogP contribution in [0.2, 0.25) is 0 Å². The maximum absolute atomic E-state index is 5.50. The molecule has 0 aromatic carbocycles. The van der Waals surface area contributed by atoms with Gasteiger partial charge in [-0.1, -0.05) is 33.6 Å². The molecule has 0 unspecified atom stereocenters. The van der Waals surface area contributed by atoms with Crippen LogP contribution in [0.25, 0.3) is 0 Å². The van der Waals surface area contributed by atoms with Crippen molar-refractivity contribution in [1.29, 1.82) is 0 Å². The normalized spacial score (nSPS) is 11.2. The van der Waals surface area contributed by atoms with Crippen LogP contribution >= 0.6 is 0 Å². The van der Waals surface area contributed by atoms with Gasteiger partial charge in [-0.2, -0.15) is 0 Å². The molecule has 0 amide bonds. The summed E-state index contributed by atoms with van der Waals surface area (Å²) in [4.78, 5) is 0. The summed E-state index contributed by atoms with van der Waals surface area (Å²) < 4.78 is 5.50. The van der Waals surface area contributed by atoms with E-state index in [1.165, 1.54) is 12.8 Å². The first-order valence-corrected chi connectivity index (χ1v) is 5.77. The third-order valence-electron chi connectivity index (χ3n) is 2.16. The van der Waals surface area contributed by atoms with Gasteiger partial charge in [0, 0.05) is 12.5 Å². The van der Waals surface area contributed by atoms with Crippen molar-refractivity contribution >= 4 is 0 Å². The predicted octanol–water partition coefficient (Wildman–Crippen LogP) is 2.30. The minimum atomic E-state index is 0.445. The molecule has 1 rings (SSSR count). The molecule has 4 heteroatoms. The minimum Gasteiger partial charge on any atom is -0.424 e. The summed E-state index contributed by atoms with van der Waals surface area (Å²) in [5.41, 5.74) is 0. The highest BCUT2D eigenvalue weighted by atomic mass is 16.4. The van der Waals surface area contributed by atoms with E-state index in [4.69, 9.17) is 4.42 Å². The van der Waals surface area contributed by atoms with Crippen LogP contribution in [-0.2, 0) is 13.0 Å². The van der Waals surface area contributed by atoms with Crippen molar-refractivity contribution in [3.05, 3.63) is 11.8 Å². The molecule has 0 radical (unpaired) electrons. The molecular formula is C11H21N3O. The van der Waals surface area contributed by atoms with E-state index >= 15 is 0 Å². The second-order valence-electron chi connectivity index (χ2n) is 4.08. The van der Waals surface area contributed by atoms with Gasteiger partial charge in [0.2, 0.25) is 11.8 Å². The van der Waals surface area contributed by atoms with E-state index in [1.54, 1.807) is 0 Å². The SMILES string of the molecule is CCCCCc1nnc(CNC(C)C)o1. The Hall–Kier alpha value is -0.900. The molecule has 0 atom stereocenters. The van der Waals surface area contributed by atoms with Gasteiger partial charge >= 0.3 is 0 Å². The fourth-order valence-corrected chi connectivity index (χ4v) is 1.28. The molecule has 0 spiro atoms. The Balaban J connectivity index is 2.29.